The van der Waals surface area contributed by atoms with Crippen LogP contribution in [0.3, 0.4) is 0 Å². The van der Waals surface area contributed by atoms with Crippen molar-refractivity contribution in [2.24, 2.45) is 14.1 Å². The molecule has 0 aliphatic rings. The molecule has 0 atom stereocenters. The predicted molar refractivity (Wildman–Crippen MR) is 97.4 cm³/mol. The molecule has 0 aliphatic heterocycles. The van der Waals surface area contributed by atoms with Gasteiger partial charge in [-0.1, -0.05) is 28.1 Å². The molecule has 0 radical (unpaired) electrons. The number of nitrogens with zero attached hydrogens (tertiary/aromatic N) is 4. The summed E-state index contributed by atoms with van der Waals surface area (Å²) < 4.78 is 4.55. The van der Waals surface area contributed by atoms with Crippen LogP contribution in [0.2, 0.25) is 0 Å². The van der Waals surface area contributed by atoms with Crippen LogP contribution in [0.15, 0.2) is 47.7 Å². The van der Waals surface area contributed by atoms with E-state index in [1.165, 1.54) is 23.2 Å². The Kier molecular flexibility index (Phi) is 4.31. The van der Waals surface area contributed by atoms with E-state index in [0.717, 1.165) is 14.6 Å². The van der Waals surface area contributed by atoms with Crippen molar-refractivity contribution in [3.63, 3.8) is 0 Å². The molecule has 3 aromatic rings. The highest BCUT2D eigenvalue weighted by atomic mass is 79.9. The lowest BCUT2D eigenvalue weighted by Gasteiger charge is -2.14. The van der Waals surface area contributed by atoms with Crippen LogP contribution in [-0.4, -0.2) is 18.7 Å². The van der Waals surface area contributed by atoms with Crippen LogP contribution in [-0.2, 0) is 20.6 Å². The van der Waals surface area contributed by atoms with E-state index in [1.807, 2.05) is 24.3 Å². The lowest BCUT2D eigenvalue weighted by molar-refractivity contribution is 0.666. The number of fused-ring (bicyclic) bond motifs is 1. The molecular formula is C15H12Br2N4O3. The molecule has 0 fully saturated rings. The summed E-state index contributed by atoms with van der Waals surface area (Å²) in [6.07, 6.45) is 0. The molecule has 0 amide bonds. The largest absolute Gasteiger partial charge is 0.332 e. The monoisotopic (exact) mass is 454 g/mol. The second-order valence-electron chi connectivity index (χ2n) is 5.30. The van der Waals surface area contributed by atoms with Gasteiger partial charge >= 0.3 is 5.69 Å². The molecule has 0 saturated carbocycles. The van der Waals surface area contributed by atoms with E-state index in [1.54, 1.807) is 0 Å². The molecule has 0 unspecified atom stereocenters. The summed E-state index contributed by atoms with van der Waals surface area (Å²) in [6, 6.07) is 7.43. The molecule has 2 heterocycles. The van der Waals surface area contributed by atoms with E-state index < -0.39 is 16.8 Å². The minimum Gasteiger partial charge on any atom is -0.286 e. The first-order valence-electron chi connectivity index (χ1n) is 6.91. The van der Waals surface area contributed by atoms with Gasteiger partial charge in [0.05, 0.1) is 6.54 Å². The SMILES string of the molecule is Cn1c(=O)c2nc(Br)c(=O)n(Cc3ccc(Br)cc3)c2n(C)c1=O. The summed E-state index contributed by atoms with van der Waals surface area (Å²) in [5.41, 5.74) is -0.358. The standard InChI is InChI=1S/C15H12Br2N4O3/c1-19-12-10(13(22)20(2)15(19)24)18-11(17)14(23)21(12)7-8-3-5-9(16)6-4-8/h3-6H,7H2,1-2H3. The Balaban J connectivity index is 2.40. The fourth-order valence-electron chi connectivity index (χ4n) is 2.50. The van der Waals surface area contributed by atoms with Gasteiger partial charge < -0.3 is 0 Å². The molecule has 124 valence electrons. The zero-order valence-electron chi connectivity index (χ0n) is 12.8. The van der Waals surface area contributed by atoms with Crippen molar-refractivity contribution in [2.45, 2.75) is 6.54 Å². The Morgan fingerprint density at radius 1 is 0.958 bits per heavy atom. The maximum Gasteiger partial charge on any atom is 0.332 e. The van der Waals surface area contributed by atoms with Crippen molar-refractivity contribution in [3.8, 4) is 0 Å². The minimum absolute atomic E-state index is 0.0304. The molecule has 9 heteroatoms. The zero-order chi connectivity index (χ0) is 17.6. The van der Waals surface area contributed by atoms with Crippen LogP contribution in [0.1, 0.15) is 5.56 Å². The Morgan fingerprint density at radius 2 is 1.58 bits per heavy atom. The molecule has 0 spiro atoms. The quantitative estimate of drug-likeness (QED) is 0.584. The Labute approximate surface area is 152 Å². The highest BCUT2D eigenvalue weighted by Crippen LogP contribution is 2.13. The van der Waals surface area contributed by atoms with Gasteiger partial charge in [0.15, 0.2) is 15.8 Å². The van der Waals surface area contributed by atoms with Crippen LogP contribution in [0.4, 0.5) is 0 Å². The van der Waals surface area contributed by atoms with E-state index in [0.29, 0.717) is 0 Å². The van der Waals surface area contributed by atoms with Gasteiger partial charge in [-0.25, -0.2) is 9.78 Å². The summed E-state index contributed by atoms with van der Waals surface area (Å²) >= 11 is 6.47. The number of halogens is 2. The number of aryl methyl sites for hydroxylation is 1. The van der Waals surface area contributed by atoms with Gasteiger partial charge in [-0.05, 0) is 33.6 Å². The van der Waals surface area contributed by atoms with Crippen molar-refractivity contribution < 1.29 is 0 Å². The number of hydrogen-bond acceptors (Lipinski definition) is 4. The molecule has 7 nitrogen and oxygen atoms in total. The molecular weight excluding hydrogens is 444 g/mol. The topological polar surface area (TPSA) is 78.9 Å². The van der Waals surface area contributed by atoms with Crippen LogP contribution < -0.4 is 16.8 Å². The predicted octanol–water partition coefficient (Wildman–Crippen LogP) is 1.37. The molecule has 0 N–H and O–H groups in total. The average Bonchev–Trinajstić information content (AvgIpc) is 2.56. The molecule has 2 aromatic heterocycles. The number of benzene rings is 1. The smallest absolute Gasteiger partial charge is 0.286 e. The third-order valence-corrected chi connectivity index (χ3v) is 4.80. The van der Waals surface area contributed by atoms with Gasteiger partial charge in [0.25, 0.3) is 11.1 Å². The second kappa shape index (κ2) is 6.14. The first-order valence-corrected chi connectivity index (χ1v) is 8.50. The third-order valence-electron chi connectivity index (χ3n) is 3.75. The molecule has 3 rings (SSSR count). The van der Waals surface area contributed by atoms with Gasteiger partial charge in [-0.2, -0.15) is 0 Å². The van der Waals surface area contributed by atoms with Crippen molar-refractivity contribution >= 4 is 43.0 Å². The highest BCUT2D eigenvalue weighted by Gasteiger charge is 2.17. The van der Waals surface area contributed by atoms with Crippen molar-refractivity contribution in [1.29, 1.82) is 0 Å². The van der Waals surface area contributed by atoms with Crippen LogP contribution >= 0.6 is 31.9 Å². The van der Waals surface area contributed by atoms with Gasteiger partial charge in [0.1, 0.15) is 0 Å². The van der Waals surface area contributed by atoms with Gasteiger partial charge in [0, 0.05) is 18.6 Å². The summed E-state index contributed by atoms with van der Waals surface area (Å²) in [5, 5.41) is 0. The van der Waals surface area contributed by atoms with Gasteiger partial charge in [-0.3, -0.25) is 23.3 Å². The van der Waals surface area contributed by atoms with E-state index in [2.05, 4.69) is 36.8 Å². The maximum atomic E-state index is 12.5. The normalized spacial score (nSPS) is 11.2. The van der Waals surface area contributed by atoms with Crippen molar-refractivity contribution in [3.05, 3.63) is 70.1 Å². The minimum atomic E-state index is -0.543. The molecule has 0 bridgehead atoms. The van der Waals surface area contributed by atoms with E-state index in [-0.39, 0.29) is 22.3 Å². The van der Waals surface area contributed by atoms with Gasteiger partial charge in [0.2, 0.25) is 0 Å². The van der Waals surface area contributed by atoms with Crippen molar-refractivity contribution in [2.75, 3.05) is 0 Å². The fourth-order valence-corrected chi connectivity index (χ4v) is 3.15. The van der Waals surface area contributed by atoms with E-state index in [9.17, 15) is 14.4 Å². The van der Waals surface area contributed by atoms with E-state index >= 15 is 0 Å². The van der Waals surface area contributed by atoms with Crippen molar-refractivity contribution in [1.82, 2.24) is 18.7 Å². The number of rotatable bonds is 2. The Morgan fingerprint density at radius 3 is 2.21 bits per heavy atom. The van der Waals surface area contributed by atoms with Gasteiger partial charge in [-0.15, -0.1) is 0 Å². The highest BCUT2D eigenvalue weighted by molar-refractivity contribution is 9.10. The third kappa shape index (κ3) is 2.67. The Bertz CT molecular complexity index is 1130. The first kappa shape index (κ1) is 16.8. The van der Waals surface area contributed by atoms with Crippen LogP contribution in [0, 0.1) is 0 Å². The van der Waals surface area contributed by atoms with Crippen LogP contribution in [0.5, 0.6) is 0 Å². The lowest BCUT2D eigenvalue weighted by Crippen LogP contribution is -2.40. The molecule has 0 aliphatic carbocycles. The second-order valence-corrected chi connectivity index (χ2v) is 6.97. The first-order chi connectivity index (χ1) is 11.3. The fraction of sp³-hybridized carbons (Fsp3) is 0.200. The van der Waals surface area contributed by atoms with E-state index in [4.69, 9.17) is 0 Å². The maximum absolute atomic E-state index is 12.5. The summed E-state index contributed by atoms with van der Waals surface area (Å²) in [7, 11) is 2.89. The number of hydrogen-bond donors (Lipinski definition) is 0. The summed E-state index contributed by atoms with van der Waals surface area (Å²) in [6.45, 7) is 0.212. The summed E-state index contributed by atoms with van der Waals surface area (Å²) in [5.74, 6) is 0. The molecule has 24 heavy (non-hydrogen) atoms. The molecule has 1 aromatic carbocycles. The molecule has 0 saturated heterocycles. The zero-order valence-corrected chi connectivity index (χ0v) is 16.0. The number of aromatic nitrogens is 4. The lowest BCUT2D eigenvalue weighted by atomic mass is 10.2. The Hall–Kier alpha value is -2.00. The van der Waals surface area contributed by atoms with Crippen LogP contribution in [0.25, 0.3) is 11.2 Å². The summed E-state index contributed by atoms with van der Waals surface area (Å²) in [4.78, 5) is 41.1. The average molecular weight is 456 g/mol.